The standard InChI is InChI=1S/C24H21NO4S/c1-3-29-18-11-9-16(10-12-18)21(26)19-20(23-15(2)13-14-30-23)25(24(28)22(19)27)17-7-5-4-6-8-17/h4-14,20,26H,3H2,1-2H3/b21-19-. The minimum absolute atomic E-state index is 0.0959. The summed E-state index contributed by atoms with van der Waals surface area (Å²) in [5, 5.41) is 13.0. The van der Waals surface area contributed by atoms with Crippen LogP contribution in [0.4, 0.5) is 5.69 Å². The van der Waals surface area contributed by atoms with Crippen LogP contribution in [0.15, 0.2) is 71.6 Å². The van der Waals surface area contributed by atoms with Crippen molar-refractivity contribution in [3.8, 4) is 5.75 Å². The number of carbonyl (C=O) groups excluding carboxylic acids is 2. The molecule has 3 aromatic rings. The fourth-order valence-electron chi connectivity index (χ4n) is 3.63. The number of ether oxygens (including phenoxy) is 1. The molecule has 0 bridgehead atoms. The van der Waals surface area contributed by atoms with Gasteiger partial charge in [0.15, 0.2) is 0 Å². The maximum absolute atomic E-state index is 13.1. The summed E-state index contributed by atoms with van der Waals surface area (Å²) in [5.74, 6) is -0.855. The fourth-order valence-corrected chi connectivity index (χ4v) is 4.66. The zero-order valence-electron chi connectivity index (χ0n) is 16.7. The number of Topliss-reactive ketones (excluding diaryl/α,β-unsaturated/α-hetero) is 1. The highest BCUT2D eigenvalue weighted by molar-refractivity contribution is 7.10. The van der Waals surface area contributed by atoms with E-state index in [-0.39, 0.29) is 11.3 Å². The number of rotatable bonds is 5. The number of benzene rings is 2. The van der Waals surface area contributed by atoms with E-state index in [9.17, 15) is 14.7 Å². The molecule has 1 amide bonds. The Morgan fingerprint density at radius 3 is 2.37 bits per heavy atom. The molecule has 1 fully saturated rings. The number of amides is 1. The molecule has 152 valence electrons. The Labute approximate surface area is 178 Å². The first-order valence-corrected chi connectivity index (χ1v) is 10.5. The molecule has 1 unspecified atom stereocenters. The third-order valence-corrected chi connectivity index (χ3v) is 6.14. The Morgan fingerprint density at radius 1 is 1.07 bits per heavy atom. The van der Waals surface area contributed by atoms with Crippen LogP contribution >= 0.6 is 11.3 Å². The first-order valence-electron chi connectivity index (χ1n) is 9.66. The predicted octanol–water partition coefficient (Wildman–Crippen LogP) is 5.08. The first kappa shape index (κ1) is 19.9. The van der Waals surface area contributed by atoms with Gasteiger partial charge in [-0.3, -0.25) is 14.5 Å². The average molecular weight is 420 g/mol. The number of nitrogens with zero attached hydrogens (tertiary/aromatic N) is 1. The van der Waals surface area contributed by atoms with Gasteiger partial charge in [0.25, 0.3) is 11.7 Å². The zero-order valence-corrected chi connectivity index (χ0v) is 17.5. The van der Waals surface area contributed by atoms with Gasteiger partial charge in [-0.2, -0.15) is 0 Å². The highest BCUT2D eigenvalue weighted by Crippen LogP contribution is 2.44. The van der Waals surface area contributed by atoms with Crippen molar-refractivity contribution in [3.05, 3.63) is 87.6 Å². The molecule has 1 saturated heterocycles. The molecule has 30 heavy (non-hydrogen) atoms. The number of aliphatic hydroxyl groups is 1. The highest BCUT2D eigenvalue weighted by atomic mass is 32.1. The van der Waals surface area contributed by atoms with Gasteiger partial charge in [0.05, 0.1) is 12.2 Å². The summed E-state index contributed by atoms with van der Waals surface area (Å²) >= 11 is 1.46. The summed E-state index contributed by atoms with van der Waals surface area (Å²) in [5.41, 5.74) is 2.14. The van der Waals surface area contributed by atoms with Crippen molar-refractivity contribution in [3.63, 3.8) is 0 Å². The minimum atomic E-state index is -0.692. The Balaban J connectivity index is 1.88. The van der Waals surface area contributed by atoms with Crippen molar-refractivity contribution < 1.29 is 19.4 Å². The van der Waals surface area contributed by atoms with Crippen LogP contribution in [0.25, 0.3) is 5.76 Å². The topological polar surface area (TPSA) is 66.8 Å². The molecule has 1 aliphatic rings. The average Bonchev–Trinajstić information content (AvgIpc) is 3.29. The molecule has 6 heteroatoms. The number of ketones is 1. The van der Waals surface area contributed by atoms with E-state index in [1.54, 1.807) is 36.4 Å². The molecule has 1 N–H and O–H groups in total. The van der Waals surface area contributed by atoms with E-state index >= 15 is 0 Å². The van der Waals surface area contributed by atoms with Crippen LogP contribution in [0.5, 0.6) is 5.75 Å². The van der Waals surface area contributed by atoms with E-state index in [0.717, 1.165) is 10.4 Å². The molecule has 1 atom stereocenters. The summed E-state index contributed by atoms with van der Waals surface area (Å²) in [6.07, 6.45) is 0. The lowest BCUT2D eigenvalue weighted by atomic mass is 9.98. The largest absolute Gasteiger partial charge is 0.507 e. The van der Waals surface area contributed by atoms with E-state index < -0.39 is 17.7 Å². The van der Waals surface area contributed by atoms with Gasteiger partial charge in [-0.15, -0.1) is 11.3 Å². The minimum Gasteiger partial charge on any atom is -0.507 e. The molecular formula is C24H21NO4S. The molecule has 1 aromatic heterocycles. The maximum atomic E-state index is 13.1. The molecule has 0 radical (unpaired) electrons. The number of para-hydroxylation sites is 1. The molecule has 4 rings (SSSR count). The molecule has 1 aliphatic heterocycles. The number of carbonyl (C=O) groups is 2. The molecule has 0 aliphatic carbocycles. The summed E-state index contributed by atoms with van der Waals surface area (Å²) in [6, 6.07) is 17.2. The van der Waals surface area contributed by atoms with E-state index in [2.05, 4.69) is 0 Å². The van der Waals surface area contributed by atoms with Gasteiger partial charge >= 0.3 is 0 Å². The SMILES string of the molecule is CCOc1ccc(/C(O)=C2/C(=O)C(=O)N(c3ccccc3)C2c2sccc2C)cc1. The van der Waals surface area contributed by atoms with Gasteiger partial charge in [0.1, 0.15) is 17.6 Å². The third-order valence-electron chi connectivity index (χ3n) is 5.07. The number of aryl methyl sites for hydroxylation is 1. The molecular weight excluding hydrogens is 398 g/mol. The van der Waals surface area contributed by atoms with Crippen LogP contribution in [0.1, 0.15) is 29.0 Å². The number of thiophene rings is 1. The molecule has 2 aromatic carbocycles. The van der Waals surface area contributed by atoms with Crippen LogP contribution in [-0.2, 0) is 9.59 Å². The zero-order chi connectivity index (χ0) is 21.3. The molecule has 0 spiro atoms. The second kappa shape index (κ2) is 8.16. The summed E-state index contributed by atoms with van der Waals surface area (Å²) in [4.78, 5) is 28.4. The molecule has 5 nitrogen and oxygen atoms in total. The van der Waals surface area contributed by atoms with Crippen LogP contribution in [0.3, 0.4) is 0 Å². The van der Waals surface area contributed by atoms with Crippen LogP contribution in [-0.4, -0.2) is 23.4 Å². The van der Waals surface area contributed by atoms with Crippen LogP contribution < -0.4 is 9.64 Å². The van der Waals surface area contributed by atoms with Crippen molar-refractivity contribution in [2.75, 3.05) is 11.5 Å². The van der Waals surface area contributed by atoms with Crippen molar-refractivity contribution >= 4 is 34.5 Å². The predicted molar refractivity (Wildman–Crippen MR) is 118 cm³/mol. The quantitative estimate of drug-likeness (QED) is 0.356. The van der Waals surface area contributed by atoms with Gasteiger partial charge in [-0.1, -0.05) is 18.2 Å². The van der Waals surface area contributed by atoms with Crippen molar-refractivity contribution in [1.29, 1.82) is 0 Å². The monoisotopic (exact) mass is 419 g/mol. The van der Waals surface area contributed by atoms with E-state index in [1.807, 2.05) is 43.5 Å². The van der Waals surface area contributed by atoms with Crippen molar-refractivity contribution in [1.82, 2.24) is 0 Å². The van der Waals surface area contributed by atoms with Gasteiger partial charge in [0, 0.05) is 16.1 Å². The van der Waals surface area contributed by atoms with Gasteiger partial charge in [-0.05, 0) is 67.3 Å². The van der Waals surface area contributed by atoms with E-state index in [0.29, 0.717) is 23.6 Å². The number of hydrogen-bond donors (Lipinski definition) is 1. The maximum Gasteiger partial charge on any atom is 0.300 e. The Kier molecular flexibility index (Phi) is 5.42. The second-order valence-corrected chi connectivity index (χ2v) is 7.88. The first-order chi connectivity index (χ1) is 14.5. The lowest BCUT2D eigenvalue weighted by Gasteiger charge is -2.25. The van der Waals surface area contributed by atoms with Crippen molar-refractivity contribution in [2.24, 2.45) is 0 Å². The Hall–Kier alpha value is -3.38. The summed E-state index contributed by atoms with van der Waals surface area (Å²) in [7, 11) is 0. The van der Waals surface area contributed by atoms with Gasteiger partial charge in [-0.25, -0.2) is 0 Å². The van der Waals surface area contributed by atoms with Crippen LogP contribution in [0.2, 0.25) is 0 Å². The van der Waals surface area contributed by atoms with Crippen LogP contribution in [0, 0.1) is 6.92 Å². The third kappa shape index (κ3) is 3.39. The van der Waals surface area contributed by atoms with E-state index in [4.69, 9.17) is 4.74 Å². The van der Waals surface area contributed by atoms with Gasteiger partial charge in [0.2, 0.25) is 0 Å². The number of anilines is 1. The Morgan fingerprint density at radius 2 is 1.77 bits per heavy atom. The lowest BCUT2D eigenvalue weighted by molar-refractivity contribution is -0.132. The molecule has 2 heterocycles. The summed E-state index contributed by atoms with van der Waals surface area (Å²) < 4.78 is 5.45. The smallest absolute Gasteiger partial charge is 0.300 e. The number of aliphatic hydroxyl groups excluding tert-OH is 1. The van der Waals surface area contributed by atoms with Gasteiger partial charge < -0.3 is 9.84 Å². The Bertz CT molecular complexity index is 1120. The molecule has 0 saturated carbocycles. The number of hydrogen-bond acceptors (Lipinski definition) is 5. The highest BCUT2D eigenvalue weighted by Gasteiger charge is 2.47. The van der Waals surface area contributed by atoms with Crippen molar-refractivity contribution in [2.45, 2.75) is 19.9 Å². The fraction of sp³-hybridized carbons (Fsp3) is 0.167. The lowest BCUT2D eigenvalue weighted by Crippen LogP contribution is -2.29. The summed E-state index contributed by atoms with van der Waals surface area (Å²) in [6.45, 7) is 4.36. The second-order valence-electron chi connectivity index (χ2n) is 6.93. The van der Waals surface area contributed by atoms with E-state index in [1.165, 1.54) is 16.2 Å². The normalized spacial score (nSPS) is 18.1.